The summed E-state index contributed by atoms with van der Waals surface area (Å²) in [5.74, 6) is 2.27. The van der Waals surface area contributed by atoms with E-state index in [4.69, 9.17) is 4.74 Å². The normalized spacial score (nSPS) is 28.1. The fourth-order valence-electron chi connectivity index (χ4n) is 2.67. The van der Waals surface area contributed by atoms with Crippen molar-refractivity contribution in [3.05, 3.63) is 29.3 Å². The minimum Gasteiger partial charge on any atom is -0.497 e. The first-order valence-corrected chi connectivity index (χ1v) is 6.95. The van der Waals surface area contributed by atoms with Crippen molar-refractivity contribution >= 4 is 11.8 Å². The minimum absolute atomic E-state index is 0.539. The van der Waals surface area contributed by atoms with Crippen LogP contribution in [0.3, 0.4) is 0 Å². The van der Waals surface area contributed by atoms with E-state index in [1.165, 1.54) is 29.7 Å². The predicted molar refractivity (Wildman–Crippen MR) is 68.3 cm³/mol. The van der Waals surface area contributed by atoms with E-state index >= 15 is 0 Å². The van der Waals surface area contributed by atoms with Gasteiger partial charge in [0.1, 0.15) is 5.75 Å². The summed E-state index contributed by atoms with van der Waals surface area (Å²) in [6.45, 7) is 1.14. The second-order valence-corrected chi connectivity index (χ2v) is 5.81. The third kappa shape index (κ3) is 1.72. The van der Waals surface area contributed by atoms with Gasteiger partial charge in [-0.1, -0.05) is 6.07 Å². The Balaban J connectivity index is 1.95. The number of hydrogen-bond acceptors (Lipinski definition) is 3. The molecule has 2 atom stereocenters. The minimum atomic E-state index is 0.539. The number of fused-ring (bicyclic) bond motifs is 3. The number of rotatable bonds is 1. The van der Waals surface area contributed by atoms with Crippen LogP contribution in [0.25, 0.3) is 0 Å². The molecule has 2 aliphatic rings. The lowest BCUT2D eigenvalue weighted by atomic mass is 10.1. The molecule has 3 rings (SSSR count). The maximum Gasteiger partial charge on any atom is 0.119 e. The van der Waals surface area contributed by atoms with Gasteiger partial charge in [0, 0.05) is 11.3 Å². The first kappa shape index (κ1) is 10.5. The Morgan fingerprint density at radius 1 is 1.44 bits per heavy atom. The highest BCUT2D eigenvalue weighted by Gasteiger charge is 2.33. The quantitative estimate of drug-likeness (QED) is 0.807. The molecule has 1 N–H and O–H groups in total. The lowest BCUT2D eigenvalue weighted by molar-refractivity contribution is 0.413. The number of benzene rings is 1. The van der Waals surface area contributed by atoms with Crippen LogP contribution < -0.4 is 10.1 Å². The highest BCUT2D eigenvalue weighted by molar-refractivity contribution is 7.99. The number of hydrogen-bond donors (Lipinski definition) is 1. The van der Waals surface area contributed by atoms with Gasteiger partial charge in [0.25, 0.3) is 0 Å². The summed E-state index contributed by atoms with van der Waals surface area (Å²) in [7, 11) is 1.74. The van der Waals surface area contributed by atoms with Crippen LogP contribution in [0.1, 0.15) is 23.6 Å². The molecule has 3 heteroatoms. The van der Waals surface area contributed by atoms with Gasteiger partial charge in [0.2, 0.25) is 0 Å². The second-order valence-electron chi connectivity index (χ2n) is 4.46. The Hall–Kier alpha value is -0.670. The van der Waals surface area contributed by atoms with Crippen molar-refractivity contribution in [1.29, 1.82) is 0 Å². The van der Waals surface area contributed by atoms with Gasteiger partial charge in [-0.05, 0) is 48.4 Å². The number of nitrogens with one attached hydrogen (secondary N) is 1. The number of methoxy groups -OCH3 is 1. The van der Waals surface area contributed by atoms with Crippen LogP contribution in [0, 0.1) is 0 Å². The van der Waals surface area contributed by atoms with Crippen LogP contribution in [0.5, 0.6) is 5.75 Å². The first-order valence-electron chi connectivity index (χ1n) is 5.90. The molecule has 0 saturated carbocycles. The molecule has 1 fully saturated rings. The molecule has 0 spiro atoms. The highest BCUT2D eigenvalue weighted by Crippen LogP contribution is 2.41. The molecule has 0 aromatic heterocycles. The molecule has 1 aromatic carbocycles. The first-order chi connectivity index (χ1) is 7.88. The molecule has 16 heavy (non-hydrogen) atoms. The second kappa shape index (κ2) is 4.30. The molecule has 86 valence electrons. The zero-order valence-corrected chi connectivity index (χ0v) is 10.3. The van der Waals surface area contributed by atoms with E-state index in [9.17, 15) is 0 Å². The third-order valence-corrected chi connectivity index (χ3v) is 4.89. The van der Waals surface area contributed by atoms with Crippen LogP contribution in [0.4, 0.5) is 0 Å². The molecule has 1 aliphatic heterocycles. The molecule has 1 aromatic rings. The van der Waals surface area contributed by atoms with Crippen molar-refractivity contribution in [1.82, 2.24) is 5.32 Å². The largest absolute Gasteiger partial charge is 0.497 e. The average Bonchev–Trinajstić information content (AvgIpc) is 2.50. The van der Waals surface area contributed by atoms with E-state index in [1.54, 1.807) is 7.11 Å². The molecular weight excluding hydrogens is 218 g/mol. The lowest BCUT2D eigenvalue weighted by Crippen LogP contribution is -2.25. The van der Waals surface area contributed by atoms with Gasteiger partial charge in [0.05, 0.1) is 7.11 Å². The van der Waals surface area contributed by atoms with Crippen molar-refractivity contribution in [3.8, 4) is 5.75 Å². The molecular formula is C13H17NOS. The molecule has 2 unspecified atom stereocenters. The van der Waals surface area contributed by atoms with E-state index in [0.717, 1.165) is 17.5 Å². The summed E-state index contributed by atoms with van der Waals surface area (Å²) in [5, 5.41) is 4.40. The summed E-state index contributed by atoms with van der Waals surface area (Å²) in [6, 6.07) is 7.05. The molecule has 0 bridgehead atoms. The third-order valence-electron chi connectivity index (χ3n) is 3.50. The maximum atomic E-state index is 5.32. The van der Waals surface area contributed by atoms with Crippen LogP contribution in [-0.4, -0.2) is 24.7 Å². The Bertz CT molecular complexity index is 394. The van der Waals surface area contributed by atoms with Gasteiger partial charge in [0.15, 0.2) is 0 Å². The van der Waals surface area contributed by atoms with Crippen LogP contribution in [0.2, 0.25) is 0 Å². The average molecular weight is 235 g/mol. The summed E-state index contributed by atoms with van der Waals surface area (Å²) in [4.78, 5) is 0. The molecule has 1 heterocycles. The zero-order chi connectivity index (χ0) is 11.0. The van der Waals surface area contributed by atoms with Gasteiger partial charge in [-0.25, -0.2) is 0 Å². The summed E-state index contributed by atoms with van der Waals surface area (Å²) < 4.78 is 5.32. The van der Waals surface area contributed by atoms with E-state index in [1.807, 2.05) is 0 Å². The van der Waals surface area contributed by atoms with Crippen LogP contribution >= 0.6 is 11.8 Å². The number of ether oxygens (including phenoxy) is 1. The fourth-order valence-corrected chi connectivity index (χ4v) is 4.02. The highest BCUT2D eigenvalue weighted by atomic mass is 32.2. The van der Waals surface area contributed by atoms with Gasteiger partial charge >= 0.3 is 0 Å². The van der Waals surface area contributed by atoms with Gasteiger partial charge < -0.3 is 10.1 Å². The molecule has 1 aliphatic carbocycles. The van der Waals surface area contributed by atoms with Crippen molar-refractivity contribution < 1.29 is 4.74 Å². The van der Waals surface area contributed by atoms with Crippen molar-refractivity contribution in [2.45, 2.75) is 24.1 Å². The fraction of sp³-hybridized carbons (Fsp3) is 0.538. The summed E-state index contributed by atoms with van der Waals surface area (Å²) >= 11 is 2.12. The lowest BCUT2D eigenvalue weighted by Gasteiger charge is -2.17. The van der Waals surface area contributed by atoms with Crippen molar-refractivity contribution in [3.63, 3.8) is 0 Å². The van der Waals surface area contributed by atoms with Gasteiger partial charge in [-0.15, -0.1) is 0 Å². The molecule has 0 amide bonds. The van der Waals surface area contributed by atoms with Crippen molar-refractivity contribution in [2.75, 3.05) is 19.4 Å². The maximum absolute atomic E-state index is 5.32. The molecule has 1 saturated heterocycles. The van der Waals surface area contributed by atoms with E-state index < -0.39 is 0 Å². The summed E-state index contributed by atoms with van der Waals surface area (Å²) in [6.07, 6.45) is 2.50. The van der Waals surface area contributed by atoms with Gasteiger partial charge in [-0.2, -0.15) is 11.8 Å². The predicted octanol–water partition coefficient (Wildman–Crippen LogP) is 2.39. The number of thioether (sulfide) groups is 1. The summed E-state index contributed by atoms with van der Waals surface area (Å²) in [5.41, 5.74) is 2.96. The topological polar surface area (TPSA) is 21.3 Å². The van der Waals surface area contributed by atoms with E-state index in [-0.39, 0.29) is 0 Å². The zero-order valence-electron chi connectivity index (χ0n) is 9.53. The van der Waals surface area contributed by atoms with Gasteiger partial charge in [-0.3, -0.25) is 0 Å². The Morgan fingerprint density at radius 2 is 2.38 bits per heavy atom. The standard InChI is InChI=1S/C13H17NOS/c1-15-10-4-3-9-7-12-13(11(9)8-10)14-5-2-6-16-12/h3-4,8,12-14H,2,5-7H2,1H3. The SMILES string of the molecule is COc1ccc2c(c1)C1NCCCSC1C2. The van der Waals surface area contributed by atoms with Crippen molar-refractivity contribution in [2.24, 2.45) is 0 Å². The molecule has 2 nitrogen and oxygen atoms in total. The molecule has 0 radical (unpaired) electrons. The van der Waals surface area contributed by atoms with Crippen LogP contribution in [-0.2, 0) is 6.42 Å². The Kier molecular flexibility index (Phi) is 2.82. The smallest absolute Gasteiger partial charge is 0.119 e. The monoisotopic (exact) mass is 235 g/mol. The Morgan fingerprint density at radius 3 is 3.25 bits per heavy atom. The van der Waals surface area contributed by atoms with Crippen LogP contribution in [0.15, 0.2) is 18.2 Å². The van der Waals surface area contributed by atoms with E-state index in [0.29, 0.717) is 6.04 Å². The Labute approximate surface area is 101 Å². The van der Waals surface area contributed by atoms with E-state index in [2.05, 4.69) is 35.3 Å².